The highest BCUT2D eigenvalue weighted by Crippen LogP contribution is 2.23. The van der Waals surface area contributed by atoms with Gasteiger partial charge >= 0.3 is 11.9 Å². The van der Waals surface area contributed by atoms with Gasteiger partial charge in [-0.15, -0.1) is 11.8 Å². The quantitative estimate of drug-likeness (QED) is 0.456. The Balaban J connectivity index is 3.00. The summed E-state index contributed by atoms with van der Waals surface area (Å²) in [5.41, 5.74) is 0.592. The molecule has 0 aliphatic heterocycles. The van der Waals surface area contributed by atoms with Crippen molar-refractivity contribution in [3.8, 4) is 0 Å². The lowest BCUT2D eigenvalue weighted by Crippen LogP contribution is -2.26. The maximum absolute atomic E-state index is 11.9. The smallest absolute Gasteiger partial charge is 0.324 e. The highest BCUT2D eigenvalue weighted by molar-refractivity contribution is 7.98. The number of ether oxygens (including phenoxy) is 2. The third-order valence-corrected chi connectivity index (χ3v) is 3.24. The van der Waals surface area contributed by atoms with Crippen molar-refractivity contribution in [2.45, 2.75) is 24.7 Å². The molecule has 0 atom stereocenters. The monoisotopic (exact) mass is 282 g/mol. The van der Waals surface area contributed by atoms with E-state index in [0.717, 1.165) is 4.90 Å². The number of benzene rings is 1. The zero-order chi connectivity index (χ0) is 14.3. The summed E-state index contributed by atoms with van der Waals surface area (Å²) < 4.78 is 9.87. The summed E-state index contributed by atoms with van der Waals surface area (Å²) in [4.78, 5) is 24.8. The van der Waals surface area contributed by atoms with Gasteiger partial charge in [0.2, 0.25) is 0 Å². The Morgan fingerprint density at radius 2 is 1.53 bits per heavy atom. The highest BCUT2D eigenvalue weighted by Gasteiger charge is 2.31. The number of hydrogen-bond acceptors (Lipinski definition) is 5. The van der Waals surface area contributed by atoms with E-state index >= 15 is 0 Å². The summed E-state index contributed by atoms with van der Waals surface area (Å²) in [5, 5.41) is 0. The van der Waals surface area contributed by atoms with Gasteiger partial charge in [-0.3, -0.25) is 9.59 Å². The predicted octanol–water partition coefficient (Wildman–Crippen LogP) is 2.62. The molecule has 0 saturated carbocycles. The first-order chi connectivity index (χ1) is 9.13. The van der Waals surface area contributed by atoms with Crippen LogP contribution in [-0.2, 0) is 19.1 Å². The second-order valence-electron chi connectivity index (χ2n) is 3.71. The van der Waals surface area contributed by atoms with Crippen LogP contribution in [0.4, 0.5) is 0 Å². The van der Waals surface area contributed by atoms with Crippen LogP contribution in [-0.4, -0.2) is 31.4 Å². The van der Waals surface area contributed by atoms with Gasteiger partial charge in [0.1, 0.15) is 0 Å². The van der Waals surface area contributed by atoms with E-state index in [1.54, 1.807) is 37.7 Å². The molecule has 19 heavy (non-hydrogen) atoms. The highest BCUT2D eigenvalue weighted by atomic mass is 32.2. The van der Waals surface area contributed by atoms with Crippen LogP contribution in [0.1, 0.15) is 25.3 Å². The summed E-state index contributed by atoms with van der Waals surface area (Å²) in [7, 11) is 0. The Kier molecular flexibility index (Phi) is 6.42. The third-order valence-electron chi connectivity index (χ3n) is 2.49. The topological polar surface area (TPSA) is 52.6 Å². The molecule has 0 saturated heterocycles. The molecule has 0 aromatic heterocycles. The molecule has 0 fully saturated rings. The molecule has 104 valence electrons. The van der Waals surface area contributed by atoms with Gasteiger partial charge in [0.25, 0.3) is 0 Å². The Bertz CT molecular complexity index is 410. The molecule has 1 rings (SSSR count). The molecule has 1 aromatic rings. The van der Waals surface area contributed by atoms with Gasteiger partial charge in [-0.1, -0.05) is 12.1 Å². The maximum atomic E-state index is 11.9. The van der Waals surface area contributed by atoms with E-state index in [-0.39, 0.29) is 13.2 Å². The van der Waals surface area contributed by atoms with Crippen molar-refractivity contribution in [1.29, 1.82) is 0 Å². The van der Waals surface area contributed by atoms with Gasteiger partial charge in [0.15, 0.2) is 5.92 Å². The van der Waals surface area contributed by atoms with Gasteiger partial charge in [-0.25, -0.2) is 0 Å². The van der Waals surface area contributed by atoms with Crippen molar-refractivity contribution in [1.82, 2.24) is 0 Å². The van der Waals surface area contributed by atoms with Crippen LogP contribution >= 0.6 is 11.8 Å². The Morgan fingerprint density at radius 1 is 1.05 bits per heavy atom. The van der Waals surface area contributed by atoms with Crippen LogP contribution in [0.15, 0.2) is 29.2 Å². The first-order valence-electron chi connectivity index (χ1n) is 6.11. The molecular weight excluding hydrogens is 264 g/mol. The van der Waals surface area contributed by atoms with E-state index in [1.165, 1.54) is 0 Å². The predicted molar refractivity (Wildman–Crippen MR) is 74.2 cm³/mol. The minimum Gasteiger partial charge on any atom is -0.465 e. The summed E-state index contributed by atoms with van der Waals surface area (Å²) in [6, 6.07) is 7.24. The van der Waals surface area contributed by atoms with Crippen molar-refractivity contribution >= 4 is 23.7 Å². The Labute approximate surface area is 117 Å². The van der Waals surface area contributed by atoms with E-state index in [0.29, 0.717) is 5.56 Å². The molecule has 0 N–H and O–H groups in total. The number of hydrogen-bond donors (Lipinski definition) is 0. The molecule has 0 unspecified atom stereocenters. The molecule has 0 spiro atoms. The van der Waals surface area contributed by atoms with Gasteiger partial charge in [0, 0.05) is 4.90 Å². The minimum absolute atomic E-state index is 0.234. The maximum Gasteiger partial charge on any atom is 0.324 e. The van der Waals surface area contributed by atoms with E-state index < -0.39 is 17.9 Å². The molecule has 0 heterocycles. The van der Waals surface area contributed by atoms with Gasteiger partial charge < -0.3 is 9.47 Å². The number of rotatable bonds is 6. The Hall–Kier alpha value is -1.49. The fourth-order valence-electron chi connectivity index (χ4n) is 1.62. The average Bonchev–Trinajstić information content (AvgIpc) is 2.40. The molecule has 0 amide bonds. The minimum atomic E-state index is -1.00. The third kappa shape index (κ3) is 4.28. The molecule has 5 heteroatoms. The molecule has 0 bridgehead atoms. The van der Waals surface area contributed by atoms with Crippen LogP contribution in [0, 0.1) is 0 Å². The number of carbonyl (C=O) groups is 2. The SMILES string of the molecule is CCOC(=O)C(C(=O)OCC)c1ccc(SC)cc1. The normalized spacial score (nSPS) is 10.3. The zero-order valence-electron chi connectivity index (χ0n) is 11.3. The van der Waals surface area contributed by atoms with Crippen molar-refractivity contribution in [3.63, 3.8) is 0 Å². The first-order valence-corrected chi connectivity index (χ1v) is 7.33. The second-order valence-corrected chi connectivity index (χ2v) is 4.59. The summed E-state index contributed by atoms with van der Waals surface area (Å²) >= 11 is 1.59. The van der Waals surface area contributed by atoms with Crippen LogP contribution in [0.25, 0.3) is 0 Å². The standard InChI is InChI=1S/C14H18O4S/c1-4-17-13(15)12(14(16)18-5-2)10-6-8-11(19-3)9-7-10/h6-9,12H,4-5H2,1-3H3. The van der Waals surface area contributed by atoms with E-state index in [2.05, 4.69) is 0 Å². The molecule has 4 nitrogen and oxygen atoms in total. The molecule has 1 aromatic carbocycles. The summed E-state index contributed by atoms with van der Waals surface area (Å²) in [6.07, 6.45) is 1.96. The van der Waals surface area contributed by atoms with E-state index in [1.807, 2.05) is 18.4 Å². The van der Waals surface area contributed by atoms with Crippen molar-refractivity contribution in [2.24, 2.45) is 0 Å². The molecule has 0 aliphatic carbocycles. The lowest BCUT2D eigenvalue weighted by molar-refractivity contribution is -0.156. The fraction of sp³-hybridized carbons (Fsp3) is 0.429. The Morgan fingerprint density at radius 3 is 1.89 bits per heavy atom. The van der Waals surface area contributed by atoms with Gasteiger partial charge in [-0.2, -0.15) is 0 Å². The summed E-state index contributed by atoms with van der Waals surface area (Å²) in [6.45, 7) is 3.88. The first kappa shape index (κ1) is 15.6. The lowest BCUT2D eigenvalue weighted by atomic mass is 9.99. The number of thioether (sulfide) groups is 1. The van der Waals surface area contributed by atoms with Crippen LogP contribution in [0.3, 0.4) is 0 Å². The van der Waals surface area contributed by atoms with Crippen LogP contribution < -0.4 is 0 Å². The lowest BCUT2D eigenvalue weighted by Gasteiger charge is -2.14. The number of esters is 2. The van der Waals surface area contributed by atoms with Gasteiger partial charge in [0.05, 0.1) is 13.2 Å². The van der Waals surface area contributed by atoms with E-state index in [9.17, 15) is 9.59 Å². The molecule has 0 radical (unpaired) electrons. The zero-order valence-corrected chi connectivity index (χ0v) is 12.2. The van der Waals surface area contributed by atoms with Crippen LogP contribution in [0.5, 0.6) is 0 Å². The molecule has 0 aliphatic rings. The van der Waals surface area contributed by atoms with Gasteiger partial charge in [-0.05, 0) is 37.8 Å². The van der Waals surface area contributed by atoms with Crippen LogP contribution in [0.2, 0.25) is 0 Å². The second kappa shape index (κ2) is 7.84. The summed E-state index contributed by atoms with van der Waals surface area (Å²) in [5.74, 6) is -2.15. The average molecular weight is 282 g/mol. The number of carbonyl (C=O) groups excluding carboxylic acids is 2. The van der Waals surface area contributed by atoms with E-state index in [4.69, 9.17) is 9.47 Å². The van der Waals surface area contributed by atoms with Crippen molar-refractivity contribution in [2.75, 3.05) is 19.5 Å². The van der Waals surface area contributed by atoms with Crippen molar-refractivity contribution in [3.05, 3.63) is 29.8 Å². The largest absolute Gasteiger partial charge is 0.465 e. The fourth-order valence-corrected chi connectivity index (χ4v) is 2.02. The van der Waals surface area contributed by atoms with Crippen molar-refractivity contribution < 1.29 is 19.1 Å². The molecular formula is C14H18O4S.